The van der Waals surface area contributed by atoms with Crippen molar-refractivity contribution in [2.45, 2.75) is 5.60 Å². The van der Waals surface area contributed by atoms with Gasteiger partial charge in [0, 0.05) is 27.8 Å². The summed E-state index contributed by atoms with van der Waals surface area (Å²) < 4.78 is 12.1. The predicted molar refractivity (Wildman–Crippen MR) is 143 cm³/mol. The number of rotatable bonds is 6. The number of benzene rings is 5. The van der Waals surface area contributed by atoms with Gasteiger partial charge in [-0.2, -0.15) is 0 Å². The van der Waals surface area contributed by atoms with Gasteiger partial charge in [0.25, 0.3) is 0 Å². The first-order valence-electron chi connectivity index (χ1n) is 12.2. The molecule has 0 bridgehead atoms. The highest BCUT2D eigenvalue weighted by Gasteiger charge is 2.48. The lowest BCUT2D eigenvalue weighted by Gasteiger charge is -2.30. The second kappa shape index (κ2) is 9.37. The van der Waals surface area contributed by atoms with Gasteiger partial charge < -0.3 is 14.6 Å². The molecule has 0 saturated heterocycles. The molecular weight excluding hydrogens is 476 g/mol. The van der Waals surface area contributed by atoms with Crippen molar-refractivity contribution >= 4 is 11.8 Å². The van der Waals surface area contributed by atoms with Gasteiger partial charge in [0.05, 0.1) is 5.56 Å². The number of aromatic hydroxyl groups is 1. The third-order valence-corrected chi connectivity index (χ3v) is 6.69. The van der Waals surface area contributed by atoms with Crippen LogP contribution in [-0.2, 0) is 10.3 Å². The van der Waals surface area contributed by atoms with Gasteiger partial charge in [0.2, 0.25) is 0 Å². The van der Waals surface area contributed by atoms with E-state index in [1.54, 1.807) is 66.7 Å². The van der Waals surface area contributed by atoms with Crippen LogP contribution in [0.25, 0.3) is 0 Å². The van der Waals surface area contributed by atoms with E-state index in [0.717, 1.165) is 16.7 Å². The molecule has 5 aromatic rings. The molecule has 0 amide bonds. The van der Waals surface area contributed by atoms with Crippen molar-refractivity contribution in [2.75, 3.05) is 0 Å². The van der Waals surface area contributed by atoms with Gasteiger partial charge in [-0.15, -0.1) is 0 Å². The lowest BCUT2D eigenvalue weighted by Crippen LogP contribution is -2.29. The summed E-state index contributed by atoms with van der Waals surface area (Å²) in [6.07, 6.45) is 0. The zero-order chi connectivity index (χ0) is 26.1. The van der Waals surface area contributed by atoms with Gasteiger partial charge in [-0.1, -0.05) is 72.8 Å². The van der Waals surface area contributed by atoms with Gasteiger partial charge in [0.1, 0.15) is 17.2 Å². The van der Waals surface area contributed by atoms with E-state index in [-0.39, 0.29) is 11.5 Å². The Morgan fingerprint density at radius 1 is 0.632 bits per heavy atom. The van der Waals surface area contributed by atoms with Gasteiger partial charge in [0.15, 0.2) is 11.4 Å². The first kappa shape index (κ1) is 23.3. The topological polar surface area (TPSA) is 72.8 Å². The van der Waals surface area contributed by atoms with Crippen LogP contribution >= 0.6 is 0 Å². The van der Waals surface area contributed by atoms with Crippen LogP contribution in [0.5, 0.6) is 17.2 Å². The van der Waals surface area contributed by atoms with Crippen molar-refractivity contribution in [1.82, 2.24) is 0 Å². The van der Waals surface area contributed by atoms with Gasteiger partial charge in [-0.3, -0.25) is 4.79 Å². The molecule has 0 spiro atoms. The number of esters is 1. The fourth-order valence-corrected chi connectivity index (χ4v) is 4.83. The van der Waals surface area contributed by atoms with E-state index in [4.69, 9.17) is 9.47 Å². The summed E-state index contributed by atoms with van der Waals surface area (Å²) in [5.74, 6) is 0.857. The molecule has 38 heavy (non-hydrogen) atoms. The summed E-state index contributed by atoms with van der Waals surface area (Å²) in [5, 5.41) is 9.84. The van der Waals surface area contributed by atoms with E-state index in [0.29, 0.717) is 28.2 Å². The summed E-state index contributed by atoms with van der Waals surface area (Å²) in [7, 11) is 0. The number of hydrogen-bond acceptors (Lipinski definition) is 5. The summed E-state index contributed by atoms with van der Waals surface area (Å²) in [6.45, 7) is 0. The Hall–Kier alpha value is -5.16. The third-order valence-electron chi connectivity index (χ3n) is 6.69. The van der Waals surface area contributed by atoms with Gasteiger partial charge >= 0.3 is 5.97 Å². The number of ether oxygens (including phenoxy) is 2. The Balaban J connectivity index is 1.29. The van der Waals surface area contributed by atoms with E-state index < -0.39 is 11.6 Å². The quantitative estimate of drug-likeness (QED) is 0.204. The number of fused-ring (bicyclic) bond motifs is 1. The molecule has 1 aliphatic rings. The maximum absolute atomic E-state index is 12.8. The minimum atomic E-state index is -1.15. The molecule has 0 fully saturated rings. The van der Waals surface area contributed by atoms with Crippen LogP contribution in [0, 0.1) is 0 Å². The first-order valence-corrected chi connectivity index (χ1v) is 12.2. The zero-order valence-electron chi connectivity index (χ0n) is 20.2. The third kappa shape index (κ3) is 4.00. The fraction of sp³-hybridized carbons (Fsp3) is 0.0303. The molecule has 0 radical (unpaired) electrons. The molecule has 1 aliphatic heterocycles. The normalized spacial score (nSPS) is 15.9. The van der Waals surface area contributed by atoms with Gasteiger partial charge in [-0.25, -0.2) is 4.79 Å². The number of hydrogen-bond donors (Lipinski definition) is 1. The lowest BCUT2D eigenvalue weighted by atomic mass is 9.80. The van der Waals surface area contributed by atoms with Gasteiger partial charge in [-0.05, 0) is 54.6 Å². The van der Waals surface area contributed by atoms with Crippen molar-refractivity contribution in [3.05, 3.63) is 161 Å². The highest BCUT2D eigenvalue weighted by molar-refractivity contribution is 6.09. The molecule has 6 rings (SSSR count). The second-order valence-electron chi connectivity index (χ2n) is 9.01. The monoisotopic (exact) mass is 498 g/mol. The van der Waals surface area contributed by atoms with E-state index in [1.807, 2.05) is 60.7 Å². The summed E-state index contributed by atoms with van der Waals surface area (Å²) >= 11 is 0. The number of phenols is 1. The van der Waals surface area contributed by atoms with Crippen LogP contribution in [-0.4, -0.2) is 16.9 Å². The SMILES string of the molecule is O=C(c1ccccc1)c1ccc(Oc2ccc(C3(c4ccc(O)cc4)OC(=O)c4ccccc43)cc2)cc1. The summed E-state index contributed by atoms with van der Waals surface area (Å²) in [6, 6.07) is 37.5. The van der Waals surface area contributed by atoms with Crippen molar-refractivity contribution in [2.24, 2.45) is 0 Å². The maximum Gasteiger partial charge on any atom is 0.340 e. The van der Waals surface area contributed by atoms with E-state index in [1.165, 1.54) is 0 Å². The Morgan fingerprint density at radius 3 is 1.82 bits per heavy atom. The fourth-order valence-electron chi connectivity index (χ4n) is 4.83. The number of carbonyl (C=O) groups excluding carboxylic acids is 2. The molecule has 5 heteroatoms. The minimum Gasteiger partial charge on any atom is -0.508 e. The van der Waals surface area contributed by atoms with Crippen LogP contribution in [0.4, 0.5) is 0 Å². The zero-order valence-corrected chi connectivity index (χ0v) is 20.2. The van der Waals surface area contributed by atoms with Crippen LogP contribution in [0.15, 0.2) is 127 Å². The van der Waals surface area contributed by atoms with Crippen molar-refractivity contribution in [1.29, 1.82) is 0 Å². The number of carbonyl (C=O) groups is 2. The number of ketones is 1. The maximum atomic E-state index is 12.8. The first-order chi connectivity index (χ1) is 18.5. The Morgan fingerprint density at radius 2 is 1.16 bits per heavy atom. The molecule has 1 unspecified atom stereocenters. The Bertz CT molecular complexity index is 1620. The highest BCUT2D eigenvalue weighted by Crippen LogP contribution is 2.47. The molecule has 5 nitrogen and oxygen atoms in total. The van der Waals surface area contributed by atoms with E-state index in [2.05, 4.69) is 0 Å². The van der Waals surface area contributed by atoms with E-state index >= 15 is 0 Å². The molecule has 5 aromatic carbocycles. The Labute approximate surface area is 219 Å². The minimum absolute atomic E-state index is 0.0487. The standard InChI is InChI=1S/C33H22O5/c34-26-16-12-24(13-17-26)33(30-9-5-4-8-29(30)32(36)38-33)25-14-20-28(21-15-25)37-27-18-10-23(11-19-27)31(35)22-6-2-1-3-7-22/h1-21,34H. The van der Waals surface area contributed by atoms with Crippen LogP contribution in [0.1, 0.15) is 43.0 Å². The molecule has 0 aromatic heterocycles. The molecular formula is C33H22O5. The highest BCUT2D eigenvalue weighted by atomic mass is 16.6. The van der Waals surface area contributed by atoms with Crippen molar-refractivity contribution < 1.29 is 24.2 Å². The smallest absolute Gasteiger partial charge is 0.340 e. The summed E-state index contributed by atoms with van der Waals surface area (Å²) in [5.41, 5.74) is 2.77. The number of cyclic esters (lactones) is 1. The average molecular weight is 499 g/mol. The predicted octanol–water partition coefficient (Wildman–Crippen LogP) is 6.88. The molecule has 0 saturated carbocycles. The molecule has 184 valence electrons. The van der Waals surface area contributed by atoms with Crippen molar-refractivity contribution in [3.63, 3.8) is 0 Å². The average Bonchev–Trinajstić information content (AvgIpc) is 3.27. The molecule has 1 heterocycles. The number of phenolic OH excluding ortho intramolecular Hbond substituents is 1. The van der Waals surface area contributed by atoms with Crippen molar-refractivity contribution in [3.8, 4) is 17.2 Å². The lowest BCUT2D eigenvalue weighted by molar-refractivity contribution is 0.0251. The van der Waals surface area contributed by atoms with Crippen LogP contribution in [0.3, 0.4) is 0 Å². The summed E-state index contributed by atoms with van der Waals surface area (Å²) in [4.78, 5) is 25.5. The Kier molecular flexibility index (Phi) is 5.74. The molecule has 0 aliphatic carbocycles. The second-order valence-corrected chi connectivity index (χ2v) is 9.01. The largest absolute Gasteiger partial charge is 0.508 e. The van der Waals surface area contributed by atoms with E-state index in [9.17, 15) is 14.7 Å². The molecule has 1 atom stereocenters. The van der Waals surface area contributed by atoms with Crippen LogP contribution < -0.4 is 4.74 Å². The molecule has 1 N–H and O–H groups in total. The van der Waals surface area contributed by atoms with Crippen LogP contribution in [0.2, 0.25) is 0 Å².